The van der Waals surface area contributed by atoms with Gasteiger partial charge in [0, 0.05) is 5.56 Å². The molecular weight excluding hydrogens is 276 g/mol. The maximum Gasteiger partial charge on any atom is 0.231 e. The van der Waals surface area contributed by atoms with Gasteiger partial charge in [0.05, 0.1) is 11.4 Å². The number of carbonyl (C=O) groups excluding carboxylic acids is 1. The van der Waals surface area contributed by atoms with Gasteiger partial charge in [-0.25, -0.2) is 0 Å². The number of benzene rings is 1. The van der Waals surface area contributed by atoms with Gasteiger partial charge in [-0.1, -0.05) is 11.8 Å². The Hall–Kier alpha value is -2.08. The summed E-state index contributed by atoms with van der Waals surface area (Å²) in [5, 5.41) is 9.02. The minimum absolute atomic E-state index is 0.122. The Kier molecular flexibility index (Phi) is 3.56. The lowest BCUT2D eigenvalue weighted by Crippen LogP contribution is -1.95. The van der Waals surface area contributed by atoms with Gasteiger partial charge in [-0.15, -0.1) is 10.2 Å². The number of fused-ring (bicyclic) bond motifs is 1. The number of Topliss-reactive ketones (excluding diaryl/α,β-unsaturated/α-hetero) is 1. The zero-order valence-corrected chi connectivity index (χ0v) is 11.6. The Labute approximate surface area is 120 Å². The first-order valence-corrected chi connectivity index (χ1v) is 7.07. The molecule has 0 spiro atoms. The predicted octanol–water partition coefficient (Wildman–Crippen LogP) is 2.55. The van der Waals surface area contributed by atoms with Crippen LogP contribution in [0.15, 0.2) is 35.4 Å². The third kappa shape index (κ3) is 2.75. The monoisotopic (exact) mass is 288 g/mol. The van der Waals surface area contributed by atoms with Crippen LogP contribution in [0.25, 0.3) is 11.3 Å². The topological polar surface area (TPSA) is 61.3 Å². The lowest BCUT2D eigenvalue weighted by Gasteiger charge is -2.03. The van der Waals surface area contributed by atoms with Crippen LogP contribution in [0, 0.1) is 0 Å². The van der Waals surface area contributed by atoms with Crippen LogP contribution in [0.2, 0.25) is 0 Å². The Balaban J connectivity index is 1.79. The van der Waals surface area contributed by atoms with Crippen LogP contribution in [0.4, 0.5) is 0 Å². The Bertz CT molecular complexity index is 643. The van der Waals surface area contributed by atoms with E-state index in [2.05, 4.69) is 10.2 Å². The molecule has 0 bridgehead atoms. The van der Waals surface area contributed by atoms with Crippen LogP contribution in [-0.4, -0.2) is 28.5 Å². The molecule has 2 aromatic rings. The van der Waals surface area contributed by atoms with E-state index in [1.165, 1.54) is 11.8 Å². The van der Waals surface area contributed by atoms with Crippen LogP contribution in [0.5, 0.6) is 11.5 Å². The fourth-order valence-corrected chi connectivity index (χ4v) is 2.40. The van der Waals surface area contributed by atoms with Crippen molar-refractivity contribution < 1.29 is 14.3 Å². The minimum Gasteiger partial charge on any atom is -0.454 e. The Morgan fingerprint density at radius 2 is 2.05 bits per heavy atom. The summed E-state index contributed by atoms with van der Waals surface area (Å²) in [6, 6.07) is 9.40. The number of carbonyl (C=O) groups is 1. The molecule has 1 aliphatic rings. The molecule has 0 amide bonds. The summed E-state index contributed by atoms with van der Waals surface area (Å²) in [7, 11) is 0. The fourth-order valence-electron chi connectivity index (χ4n) is 1.78. The zero-order valence-electron chi connectivity index (χ0n) is 10.8. The van der Waals surface area contributed by atoms with E-state index in [1.54, 1.807) is 6.92 Å². The molecule has 1 aromatic heterocycles. The number of ether oxygens (including phenoxy) is 2. The lowest BCUT2D eigenvalue weighted by atomic mass is 10.1. The van der Waals surface area contributed by atoms with Crippen molar-refractivity contribution in [1.82, 2.24) is 10.2 Å². The van der Waals surface area contributed by atoms with E-state index in [0.29, 0.717) is 5.75 Å². The van der Waals surface area contributed by atoms with E-state index >= 15 is 0 Å². The number of rotatable bonds is 4. The molecule has 1 aliphatic heterocycles. The molecule has 0 unspecified atom stereocenters. The first kappa shape index (κ1) is 12.9. The zero-order chi connectivity index (χ0) is 13.9. The van der Waals surface area contributed by atoms with Crippen LogP contribution in [-0.2, 0) is 4.79 Å². The van der Waals surface area contributed by atoms with Crippen molar-refractivity contribution in [2.45, 2.75) is 11.9 Å². The number of aromatic nitrogens is 2. The van der Waals surface area contributed by atoms with Gasteiger partial charge in [0.25, 0.3) is 0 Å². The van der Waals surface area contributed by atoms with Crippen LogP contribution >= 0.6 is 11.8 Å². The minimum atomic E-state index is 0.122. The molecule has 1 aromatic carbocycles. The predicted molar refractivity (Wildman–Crippen MR) is 75.0 cm³/mol. The number of hydrogen-bond acceptors (Lipinski definition) is 6. The van der Waals surface area contributed by atoms with Gasteiger partial charge in [0.15, 0.2) is 11.5 Å². The molecule has 0 saturated heterocycles. The molecule has 3 rings (SSSR count). The van der Waals surface area contributed by atoms with Gasteiger partial charge in [-0.2, -0.15) is 0 Å². The SMILES string of the molecule is CC(=O)CSc1ccc(-c2ccc3c(c2)OCO3)nn1. The highest BCUT2D eigenvalue weighted by molar-refractivity contribution is 7.99. The highest BCUT2D eigenvalue weighted by atomic mass is 32.2. The van der Waals surface area contributed by atoms with Crippen LogP contribution in [0.3, 0.4) is 0 Å². The maximum absolute atomic E-state index is 10.9. The quantitative estimate of drug-likeness (QED) is 0.806. The van der Waals surface area contributed by atoms with Gasteiger partial charge in [-0.3, -0.25) is 4.79 Å². The standard InChI is InChI=1S/C14H12N2O3S/c1-9(17)7-20-14-5-3-11(15-16-14)10-2-4-12-13(6-10)19-8-18-12/h2-6H,7-8H2,1H3. The first-order valence-electron chi connectivity index (χ1n) is 6.08. The fraction of sp³-hybridized carbons (Fsp3) is 0.214. The second kappa shape index (κ2) is 5.50. The van der Waals surface area contributed by atoms with E-state index in [0.717, 1.165) is 27.8 Å². The molecule has 0 aliphatic carbocycles. The van der Waals surface area contributed by atoms with E-state index < -0.39 is 0 Å². The van der Waals surface area contributed by atoms with Crippen molar-refractivity contribution in [3.63, 3.8) is 0 Å². The third-order valence-electron chi connectivity index (χ3n) is 2.73. The maximum atomic E-state index is 10.9. The largest absolute Gasteiger partial charge is 0.454 e. The third-order valence-corrected chi connectivity index (χ3v) is 3.80. The van der Waals surface area contributed by atoms with Crippen molar-refractivity contribution in [3.05, 3.63) is 30.3 Å². The highest BCUT2D eigenvalue weighted by Gasteiger charge is 2.14. The summed E-state index contributed by atoms with van der Waals surface area (Å²) >= 11 is 1.38. The van der Waals surface area contributed by atoms with Crippen molar-refractivity contribution in [2.24, 2.45) is 0 Å². The summed E-state index contributed by atoms with van der Waals surface area (Å²) in [5.41, 5.74) is 1.68. The average Bonchev–Trinajstić information content (AvgIpc) is 2.93. The van der Waals surface area contributed by atoms with Gasteiger partial charge < -0.3 is 9.47 Å². The van der Waals surface area contributed by atoms with Gasteiger partial charge in [0.2, 0.25) is 6.79 Å². The van der Waals surface area contributed by atoms with Crippen molar-refractivity contribution in [3.8, 4) is 22.8 Å². The summed E-state index contributed by atoms with van der Waals surface area (Å²) < 4.78 is 10.6. The average molecular weight is 288 g/mol. The molecule has 0 saturated carbocycles. The molecule has 6 heteroatoms. The second-order valence-electron chi connectivity index (χ2n) is 4.32. The Morgan fingerprint density at radius 3 is 2.80 bits per heavy atom. The van der Waals surface area contributed by atoms with Crippen molar-refractivity contribution in [2.75, 3.05) is 12.5 Å². The molecule has 0 atom stereocenters. The van der Waals surface area contributed by atoms with Gasteiger partial charge >= 0.3 is 0 Å². The Morgan fingerprint density at radius 1 is 1.20 bits per heavy atom. The molecule has 0 radical (unpaired) electrons. The molecule has 0 N–H and O–H groups in total. The van der Waals surface area contributed by atoms with Gasteiger partial charge in [-0.05, 0) is 37.3 Å². The van der Waals surface area contributed by atoms with E-state index in [9.17, 15) is 4.79 Å². The van der Waals surface area contributed by atoms with E-state index in [-0.39, 0.29) is 12.6 Å². The molecule has 2 heterocycles. The molecular formula is C14H12N2O3S. The van der Waals surface area contributed by atoms with E-state index in [1.807, 2.05) is 30.3 Å². The normalized spacial score (nSPS) is 12.4. The first-order chi connectivity index (χ1) is 9.72. The van der Waals surface area contributed by atoms with Crippen LogP contribution in [0.1, 0.15) is 6.92 Å². The number of ketones is 1. The summed E-state index contributed by atoms with van der Waals surface area (Å²) in [4.78, 5) is 10.9. The lowest BCUT2D eigenvalue weighted by molar-refractivity contribution is -0.114. The summed E-state index contributed by atoms with van der Waals surface area (Å²) in [6.45, 7) is 1.81. The number of hydrogen-bond donors (Lipinski definition) is 0. The van der Waals surface area contributed by atoms with Crippen LogP contribution < -0.4 is 9.47 Å². The molecule has 102 valence electrons. The van der Waals surface area contributed by atoms with Gasteiger partial charge in [0.1, 0.15) is 10.8 Å². The van der Waals surface area contributed by atoms with Crippen molar-refractivity contribution >= 4 is 17.5 Å². The summed E-state index contributed by atoms with van der Waals surface area (Å²) in [6.07, 6.45) is 0. The smallest absolute Gasteiger partial charge is 0.231 e. The second-order valence-corrected chi connectivity index (χ2v) is 5.31. The number of thioether (sulfide) groups is 1. The van der Waals surface area contributed by atoms with E-state index in [4.69, 9.17) is 9.47 Å². The van der Waals surface area contributed by atoms with Crippen molar-refractivity contribution in [1.29, 1.82) is 0 Å². The highest BCUT2D eigenvalue weighted by Crippen LogP contribution is 2.35. The number of nitrogens with zero attached hydrogens (tertiary/aromatic N) is 2. The summed E-state index contributed by atoms with van der Waals surface area (Å²) in [5.74, 6) is 2.00. The molecule has 5 nitrogen and oxygen atoms in total. The molecule has 20 heavy (non-hydrogen) atoms. The molecule has 0 fully saturated rings.